The summed E-state index contributed by atoms with van der Waals surface area (Å²) in [6.45, 7) is 5.71. The maximum absolute atomic E-state index is 12.5. The molecule has 0 spiro atoms. The largest absolute Gasteiger partial charge is 0.493 e. The normalized spacial score (nSPS) is 12.8. The summed E-state index contributed by atoms with van der Waals surface area (Å²) in [7, 11) is 0. The molecular weight excluding hydrogens is 354 g/mol. The van der Waals surface area contributed by atoms with E-state index in [-0.39, 0.29) is 11.6 Å². The van der Waals surface area contributed by atoms with Gasteiger partial charge in [0.25, 0.3) is 5.56 Å². The van der Waals surface area contributed by atoms with E-state index >= 15 is 0 Å². The lowest BCUT2D eigenvalue weighted by Crippen LogP contribution is -2.33. The first-order valence-corrected chi connectivity index (χ1v) is 9.19. The zero-order valence-corrected chi connectivity index (χ0v) is 16.1. The van der Waals surface area contributed by atoms with E-state index in [1.54, 1.807) is 12.1 Å². The topological polar surface area (TPSA) is 87.4 Å². The minimum Gasteiger partial charge on any atom is -0.493 e. The Balaban J connectivity index is 2.16. The summed E-state index contributed by atoms with van der Waals surface area (Å²) in [5, 5.41) is 10.8. The molecule has 6 heteroatoms. The van der Waals surface area contributed by atoms with Gasteiger partial charge >= 0.3 is 5.69 Å². The van der Waals surface area contributed by atoms with Gasteiger partial charge in [0.15, 0.2) is 0 Å². The number of nitrogens with zero attached hydrogens (tertiary/aromatic N) is 2. The smallest absolute Gasteiger partial charge is 0.335 e. The minimum absolute atomic E-state index is 0.0189. The van der Waals surface area contributed by atoms with E-state index in [1.807, 2.05) is 63.2 Å². The van der Waals surface area contributed by atoms with Crippen molar-refractivity contribution in [3.05, 3.63) is 92.1 Å². The molecule has 3 aromatic rings. The Bertz CT molecular complexity index is 1110. The van der Waals surface area contributed by atoms with Crippen molar-refractivity contribution in [3.8, 4) is 11.6 Å². The average molecular weight is 377 g/mol. The van der Waals surface area contributed by atoms with Crippen LogP contribution in [-0.4, -0.2) is 20.4 Å². The summed E-state index contributed by atoms with van der Waals surface area (Å²) < 4.78 is 1.09. The molecule has 1 heterocycles. The molecule has 0 saturated heterocycles. The summed E-state index contributed by atoms with van der Waals surface area (Å²) in [5.41, 5.74) is 1.61. The van der Waals surface area contributed by atoms with Crippen LogP contribution < -0.4 is 11.2 Å². The second-order valence-electron chi connectivity index (χ2n) is 6.64. The monoisotopic (exact) mass is 377 g/mol. The Labute approximate surface area is 162 Å². The molecule has 2 N–H and O–H groups in total. The molecule has 1 atom stereocenters. The molecule has 144 valence electrons. The van der Waals surface area contributed by atoms with Crippen LogP contribution in [0.4, 0.5) is 0 Å². The first-order valence-electron chi connectivity index (χ1n) is 9.19. The molecule has 1 aromatic heterocycles. The van der Waals surface area contributed by atoms with Crippen LogP contribution in [0.25, 0.3) is 5.69 Å². The quantitative estimate of drug-likeness (QED) is 0.667. The first-order chi connectivity index (χ1) is 13.4. The van der Waals surface area contributed by atoms with E-state index in [2.05, 4.69) is 9.98 Å². The molecule has 0 aliphatic carbocycles. The highest BCUT2D eigenvalue weighted by molar-refractivity contribution is 6.02. The van der Waals surface area contributed by atoms with Crippen LogP contribution in [0, 0.1) is 6.92 Å². The third kappa shape index (κ3) is 3.81. The zero-order chi connectivity index (χ0) is 20.3. The molecular formula is C22H23N3O3. The third-order valence-electron chi connectivity index (χ3n) is 4.63. The van der Waals surface area contributed by atoms with Gasteiger partial charge < -0.3 is 5.11 Å². The fraction of sp³-hybridized carbons (Fsp3) is 0.227. The van der Waals surface area contributed by atoms with E-state index in [0.717, 1.165) is 15.7 Å². The summed E-state index contributed by atoms with van der Waals surface area (Å²) in [4.78, 5) is 31.8. The number of hydrogen-bond acceptors (Lipinski definition) is 4. The Hall–Kier alpha value is -3.41. The van der Waals surface area contributed by atoms with E-state index in [9.17, 15) is 14.7 Å². The molecule has 0 aliphatic rings. The number of aryl methyl sites for hydroxylation is 1. The second-order valence-corrected chi connectivity index (χ2v) is 6.64. The van der Waals surface area contributed by atoms with E-state index in [4.69, 9.17) is 0 Å². The standard InChI is InChI=1S/C22H23N3O3/c1-4-18(23-15(3)16-8-6-5-7-9-16)19-20(26)24-22(28)25(21(19)27)17-12-10-14(2)11-13-17/h5-13,15,27H,4H2,1-3H3,(H,24,26,28). The molecule has 0 saturated carbocycles. The van der Waals surface area contributed by atoms with Gasteiger partial charge in [-0.15, -0.1) is 0 Å². The zero-order valence-electron chi connectivity index (χ0n) is 16.1. The first kappa shape index (κ1) is 19.4. The van der Waals surface area contributed by atoms with Crippen molar-refractivity contribution < 1.29 is 5.11 Å². The molecule has 0 bridgehead atoms. The second kappa shape index (κ2) is 8.08. The highest BCUT2D eigenvalue weighted by Gasteiger charge is 2.20. The SMILES string of the molecule is CCC(=NC(C)c1ccccc1)c1c(O)n(-c2ccc(C)cc2)c(=O)[nH]c1=O. The molecule has 2 aromatic carbocycles. The van der Waals surface area contributed by atoms with Gasteiger partial charge in [0.1, 0.15) is 5.56 Å². The highest BCUT2D eigenvalue weighted by atomic mass is 16.3. The van der Waals surface area contributed by atoms with Gasteiger partial charge in [0, 0.05) is 0 Å². The lowest BCUT2D eigenvalue weighted by molar-refractivity contribution is 0.429. The van der Waals surface area contributed by atoms with E-state index in [1.165, 1.54) is 0 Å². The van der Waals surface area contributed by atoms with Crippen LogP contribution >= 0.6 is 0 Å². The van der Waals surface area contributed by atoms with E-state index in [0.29, 0.717) is 17.8 Å². The molecule has 1 unspecified atom stereocenters. The fourth-order valence-electron chi connectivity index (χ4n) is 3.09. The summed E-state index contributed by atoms with van der Waals surface area (Å²) in [6.07, 6.45) is 0.430. The fourth-order valence-corrected chi connectivity index (χ4v) is 3.09. The van der Waals surface area contributed by atoms with Crippen molar-refractivity contribution in [3.63, 3.8) is 0 Å². The van der Waals surface area contributed by atoms with Crippen LogP contribution in [0.1, 0.15) is 43.0 Å². The average Bonchev–Trinajstić information content (AvgIpc) is 2.68. The van der Waals surface area contributed by atoms with Crippen LogP contribution in [-0.2, 0) is 0 Å². The predicted molar refractivity (Wildman–Crippen MR) is 111 cm³/mol. The van der Waals surface area contributed by atoms with Gasteiger partial charge in [-0.2, -0.15) is 0 Å². The molecule has 0 fully saturated rings. The van der Waals surface area contributed by atoms with Crippen molar-refractivity contribution in [2.75, 3.05) is 0 Å². The number of benzene rings is 2. The number of aromatic nitrogens is 2. The lowest BCUT2D eigenvalue weighted by atomic mass is 10.1. The number of aliphatic imine (C=N–C) groups is 1. The molecule has 6 nitrogen and oxygen atoms in total. The van der Waals surface area contributed by atoms with Gasteiger partial charge in [0.2, 0.25) is 5.88 Å². The van der Waals surface area contributed by atoms with Gasteiger partial charge in [-0.25, -0.2) is 9.36 Å². The number of aromatic amines is 1. The molecule has 0 aliphatic heterocycles. The Morgan fingerprint density at radius 1 is 1.11 bits per heavy atom. The molecule has 3 rings (SSSR count). The van der Waals surface area contributed by atoms with Crippen molar-refractivity contribution in [1.29, 1.82) is 0 Å². The third-order valence-corrected chi connectivity index (χ3v) is 4.63. The maximum Gasteiger partial charge on any atom is 0.335 e. The number of H-pyrrole nitrogens is 1. The number of rotatable bonds is 5. The van der Waals surface area contributed by atoms with Crippen molar-refractivity contribution in [2.45, 2.75) is 33.2 Å². The Morgan fingerprint density at radius 2 is 1.75 bits per heavy atom. The number of aromatic hydroxyl groups is 1. The molecule has 28 heavy (non-hydrogen) atoms. The van der Waals surface area contributed by atoms with E-state index < -0.39 is 17.1 Å². The summed E-state index contributed by atoms with van der Waals surface area (Å²) in [5.74, 6) is -0.404. The van der Waals surface area contributed by atoms with Crippen molar-refractivity contribution in [2.24, 2.45) is 4.99 Å². The highest BCUT2D eigenvalue weighted by Crippen LogP contribution is 2.22. The number of hydrogen-bond donors (Lipinski definition) is 2. The maximum atomic E-state index is 12.5. The molecule has 0 radical (unpaired) electrons. The van der Waals surface area contributed by atoms with Crippen LogP contribution in [0.2, 0.25) is 0 Å². The summed E-state index contributed by atoms with van der Waals surface area (Å²) >= 11 is 0. The van der Waals surface area contributed by atoms with Crippen LogP contribution in [0.3, 0.4) is 0 Å². The van der Waals surface area contributed by atoms with Crippen molar-refractivity contribution in [1.82, 2.24) is 9.55 Å². The van der Waals surface area contributed by atoms with Gasteiger partial charge in [0.05, 0.1) is 17.4 Å². The Morgan fingerprint density at radius 3 is 2.36 bits per heavy atom. The lowest BCUT2D eigenvalue weighted by Gasteiger charge is -2.14. The minimum atomic E-state index is -0.693. The number of nitrogens with one attached hydrogen (secondary N) is 1. The van der Waals surface area contributed by atoms with Gasteiger partial charge in [-0.1, -0.05) is 55.0 Å². The van der Waals surface area contributed by atoms with Crippen molar-refractivity contribution >= 4 is 5.71 Å². The predicted octanol–water partition coefficient (Wildman–Crippen LogP) is 3.50. The van der Waals surface area contributed by atoms with Crippen LogP contribution in [0.5, 0.6) is 5.88 Å². The van der Waals surface area contributed by atoms with Gasteiger partial charge in [-0.3, -0.25) is 14.8 Å². The summed E-state index contributed by atoms with van der Waals surface area (Å²) in [6, 6.07) is 16.6. The Kier molecular flexibility index (Phi) is 5.59. The van der Waals surface area contributed by atoms with Crippen LogP contribution in [0.15, 0.2) is 69.2 Å². The molecule has 0 amide bonds. The van der Waals surface area contributed by atoms with Gasteiger partial charge in [-0.05, 0) is 38.0 Å².